The summed E-state index contributed by atoms with van der Waals surface area (Å²) in [5, 5.41) is 0.463. The van der Waals surface area contributed by atoms with Gasteiger partial charge in [-0.2, -0.15) is 0 Å². The Labute approximate surface area is 112 Å². The van der Waals surface area contributed by atoms with E-state index in [9.17, 15) is 4.39 Å². The molecule has 0 aromatic heterocycles. The summed E-state index contributed by atoms with van der Waals surface area (Å²) in [5.74, 6) is 0.320. The normalized spacial score (nSPS) is 20.3. The smallest absolute Gasteiger partial charge is 0.125 e. The van der Waals surface area contributed by atoms with E-state index in [2.05, 4.69) is 4.90 Å². The largest absolute Gasteiger partial charge is 0.330 e. The minimum absolute atomic E-state index is 0. The first-order valence-electron chi connectivity index (χ1n) is 5.55. The number of hydrogen-bond acceptors (Lipinski definition) is 2. The van der Waals surface area contributed by atoms with Crippen molar-refractivity contribution >= 4 is 24.0 Å². The first-order valence-corrected chi connectivity index (χ1v) is 5.92. The molecule has 0 radical (unpaired) electrons. The molecule has 0 saturated carbocycles. The fourth-order valence-electron chi connectivity index (χ4n) is 2.21. The fourth-order valence-corrected chi connectivity index (χ4v) is 2.45. The van der Waals surface area contributed by atoms with Gasteiger partial charge in [0.25, 0.3) is 0 Å². The Kier molecular flexibility index (Phi) is 5.67. The Morgan fingerprint density at radius 2 is 2.18 bits per heavy atom. The zero-order valence-electron chi connectivity index (χ0n) is 9.53. The first kappa shape index (κ1) is 14.7. The highest BCUT2D eigenvalue weighted by atomic mass is 35.5. The molecular formula is C12H17Cl2FN2. The van der Waals surface area contributed by atoms with Gasteiger partial charge in [-0.1, -0.05) is 11.6 Å². The predicted molar refractivity (Wildman–Crippen MR) is 71.1 cm³/mol. The second-order valence-corrected chi connectivity index (χ2v) is 4.84. The Bertz CT molecular complexity index is 353. The van der Waals surface area contributed by atoms with E-state index in [1.54, 1.807) is 6.07 Å². The molecule has 0 bridgehead atoms. The average molecular weight is 279 g/mol. The zero-order chi connectivity index (χ0) is 11.5. The Hall–Kier alpha value is -0.350. The predicted octanol–water partition coefficient (Wildman–Crippen LogP) is 2.68. The highest BCUT2D eigenvalue weighted by molar-refractivity contribution is 6.30. The van der Waals surface area contributed by atoms with Gasteiger partial charge in [0, 0.05) is 18.1 Å². The molecule has 2 N–H and O–H groups in total. The van der Waals surface area contributed by atoms with Gasteiger partial charge in [0.15, 0.2) is 0 Å². The summed E-state index contributed by atoms with van der Waals surface area (Å²) in [6, 6.07) is 4.69. The third kappa shape index (κ3) is 4.11. The lowest BCUT2D eigenvalue weighted by molar-refractivity contribution is 0.317. The maximum Gasteiger partial charge on any atom is 0.125 e. The summed E-state index contributed by atoms with van der Waals surface area (Å²) >= 11 is 5.81. The molecule has 1 saturated heterocycles. The van der Waals surface area contributed by atoms with Crippen LogP contribution in [0.1, 0.15) is 12.0 Å². The lowest BCUT2D eigenvalue weighted by atomic mass is 10.1. The number of likely N-dealkylation sites (tertiary alicyclic amines) is 1. The molecule has 1 fully saturated rings. The van der Waals surface area contributed by atoms with Crippen LogP contribution in [0, 0.1) is 11.7 Å². The topological polar surface area (TPSA) is 29.3 Å². The summed E-state index contributed by atoms with van der Waals surface area (Å²) in [7, 11) is 0. The van der Waals surface area contributed by atoms with Crippen molar-refractivity contribution in [2.75, 3.05) is 19.6 Å². The van der Waals surface area contributed by atoms with Crippen molar-refractivity contribution in [3.05, 3.63) is 34.6 Å². The van der Waals surface area contributed by atoms with Crippen molar-refractivity contribution in [1.29, 1.82) is 0 Å². The molecule has 1 aromatic rings. The van der Waals surface area contributed by atoms with Crippen LogP contribution in [-0.2, 0) is 6.54 Å². The highest BCUT2D eigenvalue weighted by Crippen LogP contribution is 2.20. The summed E-state index contributed by atoms with van der Waals surface area (Å²) in [6.45, 7) is 3.54. The lowest BCUT2D eigenvalue weighted by Gasteiger charge is -2.15. The van der Waals surface area contributed by atoms with Gasteiger partial charge in [-0.25, -0.2) is 4.39 Å². The molecule has 1 aromatic carbocycles. The van der Waals surface area contributed by atoms with E-state index in [0.29, 0.717) is 10.9 Å². The van der Waals surface area contributed by atoms with Gasteiger partial charge in [-0.15, -0.1) is 12.4 Å². The van der Waals surface area contributed by atoms with Crippen LogP contribution in [0.25, 0.3) is 0 Å². The SMILES string of the molecule is Cl.NCC1CCN(Cc2cc(F)cc(Cl)c2)C1. The van der Waals surface area contributed by atoms with Crippen LogP contribution in [-0.4, -0.2) is 24.5 Å². The molecule has 0 spiro atoms. The molecule has 96 valence electrons. The van der Waals surface area contributed by atoms with E-state index >= 15 is 0 Å². The van der Waals surface area contributed by atoms with Crippen LogP contribution < -0.4 is 5.73 Å². The van der Waals surface area contributed by atoms with Crippen LogP contribution in [0.2, 0.25) is 5.02 Å². The van der Waals surface area contributed by atoms with E-state index in [1.807, 2.05) is 6.07 Å². The van der Waals surface area contributed by atoms with Crippen LogP contribution in [0.5, 0.6) is 0 Å². The molecule has 1 aliphatic heterocycles. The van der Waals surface area contributed by atoms with Crippen LogP contribution in [0.15, 0.2) is 18.2 Å². The Morgan fingerprint density at radius 3 is 2.76 bits per heavy atom. The van der Waals surface area contributed by atoms with Gasteiger partial charge < -0.3 is 5.73 Å². The van der Waals surface area contributed by atoms with Crippen molar-refractivity contribution in [2.24, 2.45) is 11.7 Å². The van der Waals surface area contributed by atoms with Crippen molar-refractivity contribution in [3.8, 4) is 0 Å². The van der Waals surface area contributed by atoms with Crippen LogP contribution in [0.4, 0.5) is 4.39 Å². The van der Waals surface area contributed by atoms with Gasteiger partial charge in [-0.05, 0) is 49.2 Å². The van der Waals surface area contributed by atoms with Crippen molar-refractivity contribution in [1.82, 2.24) is 4.90 Å². The average Bonchev–Trinajstić information content (AvgIpc) is 2.64. The quantitative estimate of drug-likeness (QED) is 0.921. The van der Waals surface area contributed by atoms with Crippen molar-refractivity contribution in [3.63, 3.8) is 0 Å². The molecule has 17 heavy (non-hydrogen) atoms. The first-order chi connectivity index (χ1) is 7.67. The molecule has 0 aliphatic carbocycles. The summed E-state index contributed by atoms with van der Waals surface area (Å²) in [5.41, 5.74) is 6.56. The monoisotopic (exact) mass is 278 g/mol. The van der Waals surface area contributed by atoms with Crippen molar-refractivity contribution < 1.29 is 4.39 Å². The number of rotatable bonds is 3. The minimum Gasteiger partial charge on any atom is -0.330 e. The molecule has 1 unspecified atom stereocenters. The maximum absolute atomic E-state index is 13.1. The van der Waals surface area contributed by atoms with E-state index in [0.717, 1.165) is 38.2 Å². The standard InChI is InChI=1S/C12H16ClFN2.ClH/c13-11-3-10(4-12(14)5-11)8-16-2-1-9(6-15)7-16;/h3-5,9H,1-2,6-8,15H2;1H. The zero-order valence-corrected chi connectivity index (χ0v) is 11.1. The van der Waals surface area contributed by atoms with Gasteiger partial charge in [-0.3, -0.25) is 4.90 Å². The molecule has 1 aliphatic rings. The summed E-state index contributed by atoms with van der Waals surface area (Å²) in [4.78, 5) is 2.29. The van der Waals surface area contributed by atoms with Gasteiger partial charge >= 0.3 is 0 Å². The molecule has 0 amide bonds. The number of nitrogens with zero attached hydrogens (tertiary/aromatic N) is 1. The Morgan fingerprint density at radius 1 is 1.41 bits per heavy atom. The van der Waals surface area contributed by atoms with Crippen LogP contribution in [0.3, 0.4) is 0 Å². The molecule has 5 heteroatoms. The van der Waals surface area contributed by atoms with Gasteiger partial charge in [0.05, 0.1) is 0 Å². The number of hydrogen-bond donors (Lipinski definition) is 1. The van der Waals surface area contributed by atoms with E-state index in [-0.39, 0.29) is 18.2 Å². The second kappa shape index (κ2) is 6.55. The van der Waals surface area contributed by atoms with Gasteiger partial charge in [0.2, 0.25) is 0 Å². The molecule has 1 atom stereocenters. The molecule has 2 rings (SSSR count). The van der Waals surface area contributed by atoms with Crippen LogP contribution >= 0.6 is 24.0 Å². The van der Waals surface area contributed by atoms with Crippen molar-refractivity contribution in [2.45, 2.75) is 13.0 Å². The third-order valence-corrected chi connectivity index (χ3v) is 3.25. The van der Waals surface area contributed by atoms with E-state index in [4.69, 9.17) is 17.3 Å². The number of benzene rings is 1. The minimum atomic E-state index is -0.267. The Balaban J connectivity index is 0.00000144. The fraction of sp³-hybridized carbons (Fsp3) is 0.500. The number of nitrogens with two attached hydrogens (primary N) is 1. The van der Waals surface area contributed by atoms with Gasteiger partial charge in [0.1, 0.15) is 5.82 Å². The van der Waals surface area contributed by atoms with E-state index < -0.39 is 0 Å². The van der Waals surface area contributed by atoms with E-state index in [1.165, 1.54) is 6.07 Å². The summed E-state index contributed by atoms with van der Waals surface area (Å²) < 4.78 is 13.1. The third-order valence-electron chi connectivity index (χ3n) is 3.03. The maximum atomic E-state index is 13.1. The summed E-state index contributed by atoms with van der Waals surface area (Å²) in [6.07, 6.45) is 1.14. The lowest BCUT2D eigenvalue weighted by Crippen LogP contribution is -2.22. The second-order valence-electron chi connectivity index (χ2n) is 4.40. The molecule has 1 heterocycles. The molecule has 2 nitrogen and oxygen atoms in total. The highest BCUT2D eigenvalue weighted by Gasteiger charge is 2.21. The molecular weight excluding hydrogens is 262 g/mol. The number of halogens is 3.